The number of esters is 1. The van der Waals surface area contributed by atoms with Gasteiger partial charge in [-0.15, -0.1) is 0 Å². The molecule has 3 aliphatic rings. The average molecular weight is 646 g/mol. The van der Waals surface area contributed by atoms with Crippen LogP contribution in [0.5, 0.6) is 5.75 Å². The van der Waals surface area contributed by atoms with Crippen molar-refractivity contribution in [1.82, 2.24) is 10.0 Å². The molecule has 3 fully saturated rings. The molecule has 0 unspecified atom stereocenters. The molecular weight excluding hydrogens is 622 g/mol. The Morgan fingerprint density at radius 3 is 1.93 bits per heavy atom. The highest BCUT2D eigenvalue weighted by Crippen LogP contribution is 2.56. The first-order chi connectivity index (χ1) is 20.6. The van der Waals surface area contributed by atoms with Gasteiger partial charge in [-0.1, -0.05) is 15.9 Å². The van der Waals surface area contributed by atoms with Crippen molar-refractivity contribution >= 4 is 51.1 Å². The number of nitro benzene ring substituents is 1. The van der Waals surface area contributed by atoms with E-state index in [0.717, 1.165) is 45.9 Å². The maximum atomic E-state index is 13.7. The van der Waals surface area contributed by atoms with E-state index in [0.29, 0.717) is 5.56 Å². The van der Waals surface area contributed by atoms with E-state index >= 15 is 0 Å². The molecular formula is C31H24BrN3O8. The number of nitro groups is 1. The molecule has 2 bridgehead atoms. The maximum Gasteiger partial charge on any atom is 0.343 e. The minimum atomic E-state index is -0.808. The maximum absolute atomic E-state index is 13.7. The van der Waals surface area contributed by atoms with E-state index in [1.807, 2.05) is 0 Å². The SMILES string of the molecule is O=C(CN(C(=O)c1ccc([N+](=O)[O-])cc1)N1C(=O)[C@H]2[C@H]3CC[C@@H](C3)[C@@H]2C1=O)c1ccc(OC(=O)c2ccc(Br)cc2)cc1. The van der Waals surface area contributed by atoms with Gasteiger partial charge in [0.15, 0.2) is 5.78 Å². The van der Waals surface area contributed by atoms with Crippen molar-refractivity contribution in [2.24, 2.45) is 23.7 Å². The van der Waals surface area contributed by atoms with Gasteiger partial charge in [0.1, 0.15) is 12.3 Å². The molecule has 3 amide bonds. The monoisotopic (exact) mass is 645 g/mol. The zero-order chi connectivity index (χ0) is 30.4. The summed E-state index contributed by atoms with van der Waals surface area (Å²) in [6, 6.07) is 17.0. The van der Waals surface area contributed by atoms with Gasteiger partial charge in [-0.05, 0) is 91.8 Å². The smallest absolute Gasteiger partial charge is 0.343 e. The van der Waals surface area contributed by atoms with Crippen LogP contribution >= 0.6 is 15.9 Å². The van der Waals surface area contributed by atoms with Gasteiger partial charge >= 0.3 is 5.97 Å². The number of rotatable bonds is 8. The molecule has 0 aromatic heterocycles. The van der Waals surface area contributed by atoms with Crippen LogP contribution in [0, 0.1) is 33.8 Å². The zero-order valence-electron chi connectivity index (χ0n) is 22.6. The quantitative estimate of drug-likeness (QED) is 0.0844. The van der Waals surface area contributed by atoms with E-state index in [1.165, 1.54) is 36.4 Å². The lowest BCUT2D eigenvalue weighted by Crippen LogP contribution is -2.52. The second kappa shape index (κ2) is 11.2. The van der Waals surface area contributed by atoms with Gasteiger partial charge in [-0.2, -0.15) is 5.01 Å². The Kier molecular flexibility index (Phi) is 7.38. The van der Waals surface area contributed by atoms with Gasteiger partial charge in [-0.3, -0.25) is 29.3 Å². The second-order valence-corrected chi connectivity index (χ2v) is 11.8. The van der Waals surface area contributed by atoms with Crippen molar-refractivity contribution in [3.63, 3.8) is 0 Å². The summed E-state index contributed by atoms with van der Waals surface area (Å²) in [6.07, 6.45) is 2.48. The van der Waals surface area contributed by atoms with Gasteiger partial charge in [0.25, 0.3) is 23.4 Å². The summed E-state index contributed by atoms with van der Waals surface area (Å²) in [5.41, 5.74) is 0.236. The summed E-state index contributed by atoms with van der Waals surface area (Å²) in [5, 5.41) is 12.8. The highest BCUT2D eigenvalue weighted by Gasteiger charge is 2.62. The number of imide groups is 1. The van der Waals surface area contributed by atoms with E-state index in [2.05, 4.69) is 15.9 Å². The first kappa shape index (κ1) is 28.4. The van der Waals surface area contributed by atoms with Crippen molar-refractivity contribution in [3.05, 3.63) is 104 Å². The number of fused-ring (bicyclic) bond motifs is 5. The number of carbonyl (C=O) groups excluding carboxylic acids is 5. The molecule has 11 nitrogen and oxygen atoms in total. The van der Waals surface area contributed by atoms with Crippen LogP contribution in [0.4, 0.5) is 5.69 Å². The van der Waals surface area contributed by atoms with E-state index in [4.69, 9.17) is 4.74 Å². The lowest BCUT2D eigenvalue weighted by atomic mass is 9.81. The third-order valence-corrected chi connectivity index (χ3v) is 8.99. The number of carbonyl (C=O) groups is 5. The number of non-ortho nitro benzene ring substituents is 1. The molecule has 12 heteroatoms. The van der Waals surface area contributed by atoms with Crippen LogP contribution in [-0.4, -0.2) is 51.0 Å². The number of hydrogen-bond donors (Lipinski definition) is 0. The number of ketones is 1. The molecule has 1 aliphatic heterocycles. The Hall–Kier alpha value is -4.71. The minimum Gasteiger partial charge on any atom is -0.423 e. The number of hydrazine groups is 1. The molecule has 2 aliphatic carbocycles. The summed E-state index contributed by atoms with van der Waals surface area (Å²) in [6.45, 7) is -0.625. The average Bonchev–Trinajstić information content (AvgIpc) is 3.70. The van der Waals surface area contributed by atoms with Crippen LogP contribution in [0.15, 0.2) is 77.3 Å². The van der Waals surface area contributed by atoms with Crippen LogP contribution in [0.1, 0.15) is 50.3 Å². The van der Waals surface area contributed by atoms with Crippen LogP contribution in [0.2, 0.25) is 0 Å². The summed E-state index contributed by atoms with van der Waals surface area (Å²) >= 11 is 3.30. The number of amides is 3. The fraction of sp³-hybridized carbons (Fsp3) is 0.258. The van der Waals surface area contributed by atoms with E-state index in [1.54, 1.807) is 24.3 Å². The van der Waals surface area contributed by atoms with E-state index in [9.17, 15) is 34.1 Å². The molecule has 3 aromatic carbocycles. The molecule has 2 saturated carbocycles. The lowest BCUT2D eigenvalue weighted by molar-refractivity contribution is -0.384. The standard InChI is InChI=1S/C31H24BrN3O8/c32-22-9-3-19(4-10-22)31(40)43-24-13-7-17(8-14-24)25(36)16-33(28(37)18-5-11-23(12-6-18)35(41)42)34-29(38)26-20-1-2-21(15-20)27(26)30(34)39/h3-14,20-21,26-27H,1-2,15-16H2/t20-,21-,26-,27-/m0/s1. The van der Waals surface area contributed by atoms with Crippen molar-refractivity contribution in [3.8, 4) is 5.75 Å². The topological polar surface area (TPSA) is 144 Å². The fourth-order valence-corrected chi connectivity index (χ4v) is 6.69. The molecule has 0 radical (unpaired) electrons. The van der Waals surface area contributed by atoms with E-state index in [-0.39, 0.29) is 34.4 Å². The van der Waals surface area contributed by atoms with Crippen LogP contribution in [0.25, 0.3) is 0 Å². The Bertz CT molecular complexity index is 1630. The first-order valence-electron chi connectivity index (χ1n) is 13.7. The molecule has 6 rings (SSSR count). The van der Waals surface area contributed by atoms with Crippen LogP contribution in [-0.2, 0) is 9.59 Å². The van der Waals surface area contributed by atoms with Crippen LogP contribution in [0.3, 0.4) is 0 Å². The Morgan fingerprint density at radius 2 is 1.37 bits per heavy atom. The summed E-state index contributed by atoms with van der Waals surface area (Å²) in [5.74, 6) is -3.68. The van der Waals surface area contributed by atoms with Crippen molar-refractivity contribution < 1.29 is 33.6 Å². The van der Waals surface area contributed by atoms with Crippen molar-refractivity contribution in [2.45, 2.75) is 19.3 Å². The molecule has 43 heavy (non-hydrogen) atoms. The number of ether oxygens (including phenoxy) is 1. The molecule has 3 aromatic rings. The largest absolute Gasteiger partial charge is 0.423 e. The summed E-state index contributed by atoms with van der Waals surface area (Å²) in [7, 11) is 0. The molecule has 0 spiro atoms. The number of halogens is 1. The highest BCUT2D eigenvalue weighted by atomic mass is 79.9. The first-order valence-corrected chi connectivity index (χ1v) is 14.5. The van der Waals surface area contributed by atoms with Crippen molar-refractivity contribution in [2.75, 3.05) is 6.54 Å². The van der Waals surface area contributed by atoms with Gasteiger partial charge in [-0.25, -0.2) is 9.80 Å². The number of benzene rings is 3. The third-order valence-electron chi connectivity index (χ3n) is 8.47. The molecule has 0 N–H and O–H groups in total. The van der Waals surface area contributed by atoms with Gasteiger partial charge in [0, 0.05) is 27.7 Å². The van der Waals surface area contributed by atoms with Crippen molar-refractivity contribution in [1.29, 1.82) is 0 Å². The highest BCUT2D eigenvalue weighted by molar-refractivity contribution is 9.10. The van der Waals surface area contributed by atoms with Gasteiger partial charge in [0.2, 0.25) is 0 Å². The number of nitrogens with zero attached hydrogens (tertiary/aromatic N) is 3. The predicted octanol–water partition coefficient (Wildman–Crippen LogP) is 4.85. The minimum absolute atomic E-state index is 0.0192. The third kappa shape index (κ3) is 5.22. The fourth-order valence-electron chi connectivity index (χ4n) is 6.43. The predicted molar refractivity (Wildman–Crippen MR) is 154 cm³/mol. The Morgan fingerprint density at radius 1 is 0.837 bits per heavy atom. The summed E-state index contributed by atoms with van der Waals surface area (Å²) in [4.78, 5) is 77.2. The molecule has 1 saturated heterocycles. The van der Waals surface area contributed by atoms with Gasteiger partial charge < -0.3 is 4.74 Å². The molecule has 4 atom stereocenters. The Labute approximate surface area is 253 Å². The van der Waals surface area contributed by atoms with Crippen LogP contribution < -0.4 is 4.74 Å². The van der Waals surface area contributed by atoms with Gasteiger partial charge in [0.05, 0.1) is 22.3 Å². The number of hydrogen-bond acceptors (Lipinski definition) is 8. The van der Waals surface area contributed by atoms with E-state index < -0.39 is 52.8 Å². The second-order valence-electron chi connectivity index (χ2n) is 10.9. The normalized spacial score (nSPS) is 21.9. The Balaban J connectivity index is 1.24. The summed E-state index contributed by atoms with van der Waals surface area (Å²) < 4.78 is 6.19. The molecule has 1 heterocycles. The lowest BCUT2D eigenvalue weighted by Gasteiger charge is -2.30. The number of Topliss-reactive ketones (excluding diaryl/α,β-unsaturated/α-hetero) is 1. The zero-order valence-corrected chi connectivity index (χ0v) is 24.1. The molecule has 218 valence electrons.